The number of aromatic amines is 1. The van der Waals surface area contributed by atoms with E-state index in [-0.39, 0.29) is 29.9 Å². The predicted octanol–water partition coefficient (Wildman–Crippen LogP) is 6.19. The molecule has 63 heavy (non-hydrogen) atoms. The number of rotatable bonds is 12. The summed E-state index contributed by atoms with van der Waals surface area (Å²) in [7, 11) is 0. The van der Waals surface area contributed by atoms with Crippen LogP contribution in [0.15, 0.2) is 53.4 Å². The van der Waals surface area contributed by atoms with Crippen molar-refractivity contribution in [3.8, 4) is 0 Å². The SMILES string of the molecule is [C-]#[N+]c1ccc2c3c([nH]c2c1)C(C)(C)c1cc(N2CCC(N4CCN(CC(=O)NCCCCSc5cccc6c5CN(C5CCC(=O)NC5=O)C6=O)CC4)CC2)c(CC)cc1C3=O. The first-order valence-corrected chi connectivity index (χ1v) is 23.6. The number of hydrogen-bond acceptors (Lipinski definition) is 9. The van der Waals surface area contributed by atoms with E-state index in [9.17, 15) is 24.0 Å². The van der Waals surface area contributed by atoms with Crippen molar-refractivity contribution in [2.75, 3.05) is 63.0 Å². The Hall–Kier alpha value is -5.49. The molecule has 1 unspecified atom stereocenters. The van der Waals surface area contributed by atoms with E-state index in [0.29, 0.717) is 43.3 Å². The van der Waals surface area contributed by atoms with E-state index in [1.54, 1.807) is 22.7 Å². The van der Waals surface area contributed by atoms with E-state index in [2.05, 4.69) is 68.1 Å². The molecule has 13 nitrogen and oxygen atoms in total. The predicted molar refractivity (Wildman–Crippen MR) is 245 cm³/mol. The number of anilines is 1. The van der Waals surface area contributed by atoms with Gasteiger partial charge in [0.25, 0.3) is 5.91 Å². The summed E-state index contributed by atoms with van der Waals surface area (Å²) >= 11 is 1.70. The smallest absolute Gasteiger partial charge is 0.255 e. The molecule has 3 aromatic carbocycles. The summed E-state index contributed by atoms with van der Waals surface area (Å²) in [6.07, 6.45) is 5.35. The van der Waals surface area contributed by atoms with Crippen LogP contribution in [0.25, 0.3) is 15.7 Å². The number of carbonyl (C=O) groups excluding carboxylic acids is 5. The van der Waals surface area contributed by atoms with Crippen LogP contribution in [-0.2, 0) is 32.8 Å². The minimum absolute atomic E-state index is 0.0556. The molecule has 0 saturated carbocycles. The van der Waals surface area contributed by atoms with Crippen molar-refractivity contribution in [2.45, 2.75) is 94.7 Å². The van der Waals surface area contributed by atoms with Gasteiger partial charge >= 0.3 is 0 Å². The average Bonchev–Trinajstić information content (AvgIpc) is 3.85. The van der Waals surface area contributed by atoms with Crippen molar-refractivity contribution in [1.82, 2.24) is 30.3 Å². The lowest BCUT2D eigenvalue weighted by atomic mass is 9.70. The number of benzene rings is 3. The Morgan fingerprint density at radius 1 is 0.952 bits per heavy atom. The van der Waals surface area contributed by atoms with Gasteiger partial charge in [0.1, 0.15) is 6.04 Å². The summed E-state index contributed by atoms with van der Waals surface area (Å²) in [5.41, 5.74) is 8.49. The Labute approximate surface area is 373 Å². The molecule has 9 rings (SSSR count). The molecule has 4 aliphatic heterocycles. The van der Waals surface area contributed by atoms with Gasteiger partial charge in [-0.3, -0.25) is 39.1 Å². The van der Waals surface area contributed by atoms with Gasteiger partial charge in [-0.15, -0.1) is 11.8 Å². The second-order valence-electron chi connectivity index (χ2n) is 18.2. The quantitative estimate of drug-likeness (QED) is 0.0658. The van der Waals surface area contributed by atoms with Crippen molar-refractivity contribution >= 4 is 63.5 Å². The molecule has 328 valence electrons. The molecule has 1 atom stereocenters. The van der Waals surface area contributed by atoms with Crippen molar-refractivity contribution < 1.29 is 24.0 Å². The van der Waals surface area contributed by atoms with Gasteiger partial charge in [-0.2, -0.15) is 0 Å². The van der Waals surface area contributed by atoms with Crippen molar-refractivity contribution in [3.63, 3.8) is 0 Å². The van der Waals surface area contributed by atoms with Crippen LogP contribution < -0.4 is 15.5 Å². The lowest BCUT2D eigenvalue weighted by molar-refractivity contribution is -0.137. The van der Waals surface area contributed by atoms with Gasteiger partial charge in [-0.25, -0.2) is 4.85 Å². The van der Waals surface area contributed by atoms with Gasteiger partial charge in [0.2, 0.25) is 17.7 Å². The second kappa shape index (κ2) is 17.6. The van der Waals surface area contributed by atoms with Gasteiger partial charge in [-0.1, -0.05) is 39.0 Å². The van der Waals surface area contributed by atoms with Crippen LogP contribution in [-0.4, -0.2) is 119 Å². The van der Waals surface area contributed by atoms with Crippen LogP contribution >= 0.6 is 11.8 Å². The number of H-pyrrole nitrogens is 1. The van der Waals surface area contributed by atoms with Crippen LogP contribution in [0.2, 0.25) is 0 Å². The molecular formula is C49H56N8O5S. The Kier molecular flexibility index (Phi) is 11.9. The molecular weight excluding hydrogens is 813 g/mol. The van der Waals surface area contributed by atoms with Crippen molar-refractivity contribution in [2.24, 2.45) is 0 Å². The minimum Gasteiger partial charge on any atom is -0.371 e. The number of unbranched alkanes of at least 4 members (excludes halogenated alkanes) is 1. The zero-order valence-corrected chi connectivity index (χ0v) is 37.3. The maximum absolute atomic E-state index is 14.1. The number of ketones is 1. The van der Waals surface area contributed by atoms with E-state index in [1.807, 2.05) is 30.3 Å². The number of carbonyl (C=O) groups is 5. The highest BCUT2D eigenvalue weighted by Gasteiger charge is 2.42. The zero-order valence-electron chi connectivity index (χ0n) is 36.5. The number of nitrogens with zero attached hydrogens (tertiary/aromatic N) is 5. The number of piperazine rings is 1. The Balaban J connectivity index is 0.710. The monoisotopic (exact) mass is 868 g/mol. The summed E-state index contributed by atoms with van der Waals surface area (Å²) in [6.45, 7) is 21.0. The molecule has 5 aliphatic rings. The van der Waals surface area contributed by atoms with E-state index >= 15 is 0 Å². The fourth-order valence-corrected chi connectivity index (χ4v) is 11.6. The normalized spacial score (nSPS) is 20.4. The zero-order chi connectivity index (χ0) is 44.0. The summed E-state index contributed by atoms with van der Waals surface area (Å²) in [6, 6.07) is 15.6. The fourth-order valence-electron chi connectivity index (χ4n) is 10.5. The summed E-state index contributed by atoms with van der Waals surface area (Å²) in [5, 5.41) is 6.36. The number of nitrogens with one attached hydrogen (secondary N) is 3. The first kappa shape index (κ1) is 42.8. The molecule has 3 saturated heterocycles. The van der Waals surface area contributed by atoms with Crippen LogP contribution in [0.1, 0.15) is 108 Å². The lowest BCUT2D eigenvalue weighted by Gasteiger charge is -2.44. The molecule has 3 N–H and O–H groups in total. The third-order valence-corrected chi connectivity index (χ3v) is 15.3. The van der Waals surface area contributed by atoms with Crippen LogP contribution in [0.3, 0.4) is 0 Å². The highest BCUT2D eigenvalue weighted by atomic mass is 32.2. The molecule has 4 aromatic rings. The topological polar surface area (TPSA) is 143 Å². The summed E-state index contributed by atoms with van der Waals surface area (Å²) in [4.78, 5) is 81.5. The first-order chi connectivity index (χ1) is 30.4. The Morgan fingerprint density at radius 3 is 2.49 bits per heavy atom. The third-order valence-electron chi connectivity index (χ3n) is 14.1. The van der Waals surface area contributed by atoms with Gasteiger partial charge in [0, 0.05) is 109 Å². The standard InChI is InChI=1S/C49H56N8O5S/c1-5-30-25-35-37(49(2,3)46-44(45(35)60)34-12-11-31(50-4)26-38(34)52-46)27-40(30)56-18-15-32(16-19-56)55-22-20-54(21-23-55)29-43(59)51-17-6-7-24-63-41-10-8-9-33-36(41)28-57(48(33)62)39-13-14-42(58)53-47(39)61/h8-12,25-27,32,39,52H,5-7,13-24,28-29H2,1-3H3,(H,51,59)(H,53,58,61). The lowest BCUT2D eigenvalue weighted by Crippen LogP contribution is -2.54. The number of hydrogen-bond donors (Lipinski definition) is 3. The second-order valence-corrected chi connectivity index (χ2v) is 19.3. The Morgan fingerprint density at radius 2 is 1.75 bits per heavy atom. The Bertz CT molecular complexity index is 2540. The first-order valence-electron chi connectivity index (χ1n) is 22.6. The largest absolute Gasteiger partial charge is 0.371 e. The third kappa shape index (κ3) is 8.15. The van der Waals surface area contributed by atoms with Gasteiger partial charge in [-0.05, 0) is 91.3 Å². The average molecular weight is 869 g/mol. The molecule has 1 aliphatic carbocycles. The fraction of sp³-hybridized carbons (Fsp3) is 0.469. The molecule has 1 aromatic heterocycles. The van der Waals surface area contributed by atoms with Crippen molar-refractivity contribution in [1.29, 1.82) is 0 Å². The molecule has 4 amide bonds. The number of piperidine rings is 2. The number of imide groups is 1. The van der Waals surface area contributed by atoms with Crippen LogP contribution in [0, 0.1) is 6.57 Å². The molecule has 3 fully saturated rings. The van der Waals surface area contributed by atoms with Crippen LogP contribution in [0.5, 0.6) is 0 Å². The molecule has 0 spiro atoms. The number of amides is 4. The van der Waals surface area contributed by atoms with Crippen LogP contribution in [0.4, 0.5) is 11.4 Å². The number of aromatic nitrogens is 1. The molecule has 14 heteroatoms. The maximum Gasteiger partial charge on any atom is 0.255 e. The number of aryl methyl sites for hydroxylation is 1. The summed E-state index contributed by atoms with van der Waals surface area (Å²) in [5.74, 6) is 0.124. The van der Waals surface area contributed by atoms with Gasteiger partial charge in [0.15, 0.2) is 11.5 Å². The van der Waals surface area contributed by atoms with Gasteiger partial charge < -0.3 is 20.1 Å². The van der Waals surface area contributed by atoms with E-state index in [1.165, 1.54) is 11.3 Å². The van der Waals surface area contributed by atoms with E-state index < -0.39 is 17.4 Å². The number of thioether (sulfide) groups is 1. The number of fused-ring (bicyclic) bond motifs is 5. The molecule has 5 heterocycles. The molecule has 0 radical (unpaired) electrons. The minimum atomic E-state index is -0.622. The van der Waals surface area contributed by atoms with Gasteiger partial charge in [0.05, 0.1) is 18.7 Å². The van der Waals surface area contributed by atoms with Crippen molar-refractivity contribution in [3.05, 3.63) is 99.0 Å². The summed E-state index contributed by atoms with van der Waals surface area (Å²) < 4.78 is 0. The molecule has 0 bridgehead atoms. The highest BCUT2D eigenvalue weighted by Crippen LogP contribution is 2.46. The van der Waals surface area contributed by atoms with E-state index in [4.69, 9.17) is 6.57 Å². The van der Waals surface area contributed by atoms with E-state index in [0.717, 1.165) is 121 Å². The highest BCUT2D eigenvalue weighted by molar-refractivity contribution is 7.99. The maximum atomic E-state index is 14.1.